The zero-order valence-corrected chi connectivity index (χ0v) is 12.7. The summed E-state index contributed by atoms with van der Waals surface area (Å²) in [7, 11) is 0. The highest BCUT2D eigenvalue weighted by Crippen LogP contribution is 2.16. The minimum absolute atomic E-state index is 0.126. The number of ether oxygens (including phenoxy) is 1. The maximum Gasteiger partial charge on any atom is 0.371 e. The standard InChI is InChI=1S/C15H22N2O5/c1-2-17(10-11-5-7-21-8-6-11)15(20)16-9-12-3-4-13(22-12)14(18)19/h3-4,11H,2,5-10H2,1H3,(H,16,20)(H,18,19). The van der Waals surface area contributed by atoms with Crippen molar-refractivity contribution >= 4 is 12.0 Å². The molecule has 1 aliphatic heterocycles. The number of amides is 2. The lowest BCUT2D eigenvalue weighted by Crippen LogP contribution is -2.42. The summed E-state index contributed by atoms with van der Waals surface area (Å²) in [6.07, 6.45) is 1.95. The zero-order valence-electron chi connectivity index (χ0n) is 12.7. The fraction of sp³-hybridized carbons (Fsp3) is 0.600. The summed E-state index contributed by atoms with van der Waals surface area (Å²) in [5.74, 6) is -0.347. The third-order valence-corrected chi connectivity index (χ3v) is 3.77. The highest BCUT2D eigenvalue weighted by molar-refractivity contribution is 5.84. The number of nitrogens with one attached hydrogen (secondary N) is 1. The van der Waals surface area contributed by atoms with Gasteiger partial charge in [0.2, 0.25) is 5.76 Å². The summed E-state index contributed by atoms with van der Waals surface area (Å²) >= 11 is 0. The van der Waals surface area contributed by atoms with Gasteiger partial charge in [-0.1, -0.05) is 0 Å². The third-order valence-electron chi connectivity index (χ3n) is 3.77. The number of carboxylic acid groups (broad SMARTS) is 1. The Morgan fingerprint density at radius 1 is 1.36 bits per heavy atom. The maximum absolute atomic E-state index is 12.2. The molecule has 0 atom stereocenters. The van der Waals surface area contributed by atoms with Crippen LogP contribution in [0.15, 0.2) is 16.5 Å². The summed E-state index contributed by atoms with van der Waals surface area (Å²) in [6.45, 7) is 4.97. The highest BCUT2D eigenvalue weighted by atomic mass is 16.5. The molecule has 0 aromatic carbocycles. The fourth-order valence-corrected chi connectivity index (χ4v) is 2.46. The van der Waals surface area contributed by atoms with Crippen LogP contribution in [0.25, 0.3) is 0 Å². The van der Waals surface area contributed by atoms with Crippen LogP contribution in [0.3, 0.4) is 0 Å². The van der Waals surface area contributed by atoms with Gasteiger partial charge in [0.1, 0.15) is 5.76 Å². The van der Waals surface area contributed by atoms with Crippen molar-refractivity contribution in [3.8, 4) is 0 Å². The van der Waals surface area contributed by atoms with E-state index in [2.05, 4.69) is 5.32 Å². The van der Waals surface area contributed by atoms with Gasteiger partial charge in [-0.3, -0.25) is 0 Å². The fourth-order valence-electron chi connectivity index (χ4n) is 2.46. The SMILES string of the molecule is CCN(CC1CCOCC1)C(=O)NCc1ccc(C(=O)O)o1. The second kappa shape index (κ2) is 7.84. The molecule has 0 spiro atoms. The molecular formula is C15H22N2O5. The molecule has 0 aliphatic carbocycles. The first-order valence-electron chi connectivity index (χ1n) is 7.52. The van der Waals surface area contributed by atoms with Crippen molar-refractivity contribution in [2.45, 2.75) is 26.3 Å². The predicted octanol–water partition coefficient (Wildman–Crippen LogP) is 1.94. The van der Waals surface area contributed by atoms with Gasteiger partial charge < -0.3 is 24.5 Å². The zero-order chi connectivity index (χ0) is 15.9. The molecule has 2 N–H and O–H groups in total. The highest BCUT2D eigenvalue weighted by Gasteiger charge is 2.20. The van der Waals surface area contributed by atoms with E-state index in [1.165, 1.54) is 6.07 Å². The van der Waals surface area contributed by atoms with Gasteiger partial charge in [0, 0.05) is 26.3 Å². The Morgan fingerprint density at radius 3 is 2.68 bits per heavy atom. The van der Waals surface area contributed by atoms with E-state index in [0.29, 0.717) is 24.8 Å². The van der Waals surface area contributed by atoms with Crippen molar-refractivity contribution < 1.29 is 23.8 Å². The number of hydrogen-bond donors (Lipinski definition) is 2. The lowest BCUT2D eigenvalue weighted by atomic mass is 10.00. The van der Waals surface area contributed by atoms with Gasteiger partial charge in [-0.05, 0) is 37.8 Å². The Balaban J connectivity index is 1.81. The number of furan rings is 1. The van der Waals surface area contributed by atoms with E-state index >= 15 is 0 Å². The predicted molar refractivity (Wildman–Crippen MR) is 78.7 cm³/mol. The van der Waals surface area contributed by atoms with Crippen molar-refractivity contribution in [1.82, 2.24) is 10.2 Å². The van der Waals surface area contributed by atoms with Crippen molar-refractivity contribution in [2.24, 2.45) is 5.92 Å². The van der Waals surface area contributed by atoms with E-state index in [4.69, 9.17) is 14.3 Å². The molecule has 2 amide bonds. The Labute approximate surface area is 129 Å². The third kappa shape index (κ3) is 4.49. The Hall–Kier alpha value is -2.02. The van der Waals surface area contributed by atoms with Crippen molar-refractivity contribution in [2.75, 3.05) is 26.3 Å². The van der Waals surface area contributed by atoms with Crippen LogP contribution in [0.5, 0.6) is 0 Å². The smallest absolute Gasteiger partial charge is 0.371 e. The monoisotopic (exact) mass is 310 g/mol. The lowest BCUT2D eigenvalue weighted by Gasteiger charge is -2.29. The van der Waals surface area contributed by atoms with E-state index in [1.54, 1.807) is 11.0 Å². The van der Waals surface area contributed by atoms with Gasteiger partial charge in [-0.25, -0.2) is 9.59 Å². The molecule has 122 valence electrons. The number of carboxylic acids is 1. The summed E-state index contributed by atoms with van der Waals surface area (Å²) < 4.78 is 10.4. The quantitative estimate of drug-likeness (QED) is 0.837. The number of carbonyl (C=O) groups is 2. The topological polar surface area (TPSA) is 92.0 Å². The molecule has 1 aromatic heterocycles. The molecule has 0 radical (unpaired) electrons. The molecular weight excluding hydrogens is 288 g/mol. The summed E-state index contributed by atoms with van der Waals surface area (Å²) in [4.78, 5) is 24.7. The first kappa shape index (κ1) is 16.4. The molecule has 7 nitrogen and oxygen atoms in total. The first-order valence-corrected chi connectivity index (χ1v) is 7.52. The average Bonchev–Trinajstić information content (AvgIpc) is 3.00. The minimum atomic E-state index is -1.12. The molecule has 1 fully saturated rings. The van der Waals surface area contributed by atoms with E-state index in [0.717, 1.165) is 26.1 Å². The lowest BCUT2D eigenvalue weighted by molar-refractivity contribution is 0.0567. The average molecular weight is 310 g/mol. The van der Waals surface area contributed by atoms with E-state index < -0.39 is 5.97 Å². The van der Waals surface area contributed by atoms with Gasteiger partial charge in [0.15, 0.2) is 0 Å². The van der Waals surface area contributed by atoms with E-state index in [1.807, 2.05) is 6.92 Å². The van der Waals surface area contributed by atoms with Crippen LogP contribution < -0.4 is 5.32 Å². The van der Waals surface area contributed by atoms with Crippen LogP contribution in [-0.4, -0.2) is 48.3 Å². The van der Waals surface area contributed by atoms with Crippen LogP contribution in [-0.2, 0) is 11.3 Å². The normalized spacial score (nSPS) is 15.5. The molecule has 0 bridgehead atoms. The number of nitrogens with zero attached hydrogens (tertiary/aromatic N) is 1. The maximum atomic E-state index is 12.2. The van der Waals surface area contributed by atoms with Crippen molar-refractivity contribution in [1.29, 1.82) is 0 Å². The van der Waals surface area contributed by atoms with Crippen LogP contribution in [0, 0.1) is 5.92 Å². The molecule has 2 rings (SSSR count). The molecule has 1 aliphatic rings. The number of rotatable bonds is 6. The Kier molecular flexibility index (Phi) is 5.83. The molecule has 0 unspecified atom stereocenters. The minimum Gasteiger partial charge on any atom is -0.475 e. The van der Waals surface area contributed by atoms with Gasteiger partial charge in [0.25, 0.3) is 0 Å². The summed E-state index contributed by atoms with van der Waals surface area (Å²) in [5.41, 5.74) is 0. The Morgan fingerprint density at radius 2 is 2.09 bits per heavy atom. The van der Waals surface area contributed by atoms with Crippen LogP contribution in [0.4, 0.5) is 4.79 Å². The molecule has 1 aromatic rings. The van der Waals surface area contributed by atoms with Gasteiger partial charge in [-0.2, -0.15) is 0 Å². The van der Waals surface area contributed by atoms with Gasteiger partial charge in [0.05, 0.1) is 6.54 Å². The van der Waals surface area contributed by atoms with E-state index in [-0.39, 0.29) is 18.3 Å². The van der Waals surface area contributed by atoms with Crippen LogP contribution >= 0.6 is 0 Å². The molecule has 7 heteroatoms. The number of carbonyl (C=O) groups excluding carboxylic acids is 1. The van der Waals surface area contributed by atoms with Crippen LogP contribution in [0.1, 0.15) is 36.1 Å². The summed E-state index contributed by atoms with van der Waals surface area (Å²) in [6, 6.07) is 2.77. The van der Waals surface area contributed by atoms with Gasteiger partial charge >= 0.3 is 12.0 Å². The first-order chi connectivity index (χ1) is 10.6. The molecule has 22 heavy (non-hydrogen) atoms. The second-order valence-corrected chi connectivity index (χ2v) is 5.32. The van der Waals surface area contributed by atoms with E-state index in [9.17, 15) is 9.59 Å². The number of aromatic carboxylic acids is 1. The molecule has 2 heterocycles. The molecule has 1 saturated heterocycles. The van der Waals surface area contributed by atoms with Crippen molar-refractivity contribution in [3.63, 3.8) is 0 Å². The second-order valence-electron chi connectivity index (χ2n) is 5.32. The largest absolute Gasteiger partial charge is 0.475 e. The molecule has 0 saturated carbocycles. The Bertz CT molecular complexity index is 508. The number of urea groups is 1. The van der Waals surface area contributed by atoms with Crippen molar-refractivity contribution in [3.05, 3.63) is 23.7 Å². The summed E-state index contributed by atoms with van der Waals surface area (Å²) in [5, 5.41) is 11.5. The van der Waals surface area contributed by atoms with Crippen LogP contribution in [0.2, 0.25) is 0 Å². The van der Waals surface area contributed by atoms with Gasteiger partial charge in [-0.15, -0.1) is 0 Å². The number of hydrogen-bond acceptors (Lipinski definition) is 4.